The van der Waals surface area contributed by atoms with Crippen LogP contribution in [0.2, 0.25) is 0 Å². The van der Waals surface area contributed by atoms with Crippen molar-refractivity contribution in [2.45, 2.75) is 25.1 Å². The highest BCUT2D eigenvalue weighted by Crippen LogP contribution is 2.42. The zero-order chi connectivity index (χ0) is 28.4. The predicted molar refractivity (Wildman–Crippen MR) is 134 cm³/mol. The van der Waals surface area contributed by atoms with E-state index in [0.717, 1.165) is 18.2 Å². The average molecular weight is 545 g/mol. The Labute approximate surface area is 219 Å². The van der Waals surface area contributed by atoms with Crippen LogP contribution in [-0.2, 0) is 16.8 Å². The summed E-state index contributed by atoms with van der Waals surface area (Å²) in [5.74, 6) is -2.38. The van der Waals surface area contributed by atoms with E-state index in [1.165, 1.54) is 18.2 Å². The third-order valence-electron chi connectivity index (χ3n) is 6.05. The Balaban J connectivity index is 1.82. The van der Waals surface area contributed by atoms with Crippen LogP contribution < -0.4 is 15.8 Å². The molecule has 0 aliphatic carbocycles. The smallest absolute Gasteiger partial charge is 0.424 e. The van der Waals surface area contributed by atoms with E-state index in [4.69, 9.17) is 10.5 Å². The number of primary amides is 1. The number of aliphatic hydroxyl groups is 1. The first-order valence-corrected chi connectivity index (χ1v) is 11.8. The molecule has 8 nitrogen and oxygen atoms in total. The van der Waals surface area contributed by atoms with Crippen LogP contribution in [0.3, 0.4) is 0 Å². The molecule has 0 radical (unpaired) electrons. The highest BCUT2D eigenvalue weighted by atomic mass is 19.4. The third-order valence-corrected chi connectivity index (χ3v) is 6.05. The van der Waals surface area contributed by atoms with Crippen LogP contribution in [0.15, 0.2) is 60.8 Å². The molecule has 5 N–H and O–H groups in total. The van der Waals surface area contributed by atoms with Gasteiger partial charge in [0.15, 0.2) is 0 Å². The minimum atomic E-state index is -5.32. The highest BCUT2D eigenvalue weighted by molar-refractivity contribution is 6.05. The van der Waals surface area contributed by atoms with Gasteiger partial charge < -0.3 is 25.9 Å². The Morgan fingerprint density at radius 1 is 1.13 bits per heavy atom. The van der Waals surface area contributed by atoms with Crippen molar-refractivity contribution in [2.75, 3.05) is 13.2 Å². The van der Waals surface area contributed by atoms with E-state index in [9.17, 15) is 32.3 Å². The fraction of sp³-hybridized carbons (Fsp3) is 0.222. The Hall–Kier alpha value is -4.45. The van der Waals surface area contributed by atoms with Gasteiger partial charge in [0, 0.05) is 22.7 Å². The van der Waals surface area contributed by atoms with Crippen molar-refractivity contribution >= 4 is 22.7 Å². The average Bonchev–Trinajstić information content (AvgIpc) is 3.36. The monoisotopic (exact) mass is 544 g/mol. The Kier molecular flexibility index (Phi) is 7.59. The normalized spacial score (nSPS) is 13.2. The molecule has 0 spiro atoms. The number of ether oxygens (including phenoxy) is 1. The summed E-state index contributed by atoms with van der Waals surface area (Å²) in [6.45, 7) is 0.375. The number of alkyl halides is 3. The second-order valence-electron chi connectivity index (χ2n) is 8.72. The number of amides is 2. The first kappa shape index (κ1) is 27.6. The molecule has 0 unspecified atom stereocenters. The van der Waals surface area contributed by atoms with Gasteiger partial charge in [0.1, 0.15) is 17.3 Å². The van der Waals surface area contributed by atoms with Gasteiger partial charge in [0.05, 0.1) is 36.3 Å². The van der Waals surface area contributed by atoms with Gasteiger partial charge in [-0.1, -0.05) is 12.1 Å². The number of carbonyl (C=O) groups excluding carboxylic acids is 2. The van der Waals surface area contributed by atoms with Gasteiger partial charge in [-0.2, -0.15) is 13.2 Å². The number of hydrogen-bond donors (Lipinski definition) is 4. The fourth-order valence-corrected chi connectivity index (χ4v) is 4.14. The molecular formula is C27H24F4N4O4. The topological polar surface area (TPSA) is 130 Å². The molecule has 0 saturated heterocycles. The number of aromatic nitrogens is 2. The van der Waals surface area contributed by atoms with E-state index in [1.54, 1.807) is 31.3 Å². The van der Waals surface area contributed by atoms with Crippen LogP contribution in [-0.4, -0.2) is 46.2 Å². The summed E-state index contributed by atoms with van der Waals surface area (Å²) >= 11 is 0. The lowest BCUT2D eigenvalue weighted by molar-refractivity contribution is -0.265. The number of benzene rings is 2. The van der Waals surface area contributed by atoms with Crippen molar-refractivity contribution in [3.63, 3.8) is 0 Å². The van der Waals surface area contributed by atoms with E-state index >= 15 is 0 Å². The predicted octanol–water partition coefficient (Wildman–Crippen LogP) is 3.98. The third kappa shape index (κ3) is 5.55. The van der Waals surface area contributed by atoms with E-state index in [0.29, 0.717) is 10.9 Å². The van der Waals surface area contributed by atoms with Crippen molar-refractivity contribution in [3.05, 3.63) is 83.4 Å². The van der Waals surface area contributed by atoms with Gasteiger partial charge in [0.2, 0.25) is 11.5 Å². The molecule has 39 heavy (non-hydrogen) atoms. The van der Waals surface area contributed by atoms with Crippen molar-refractivity contribution in [2.24, 2.45) is 5.73 Å². The molecule has 1 atom stereocenters. The molecule has 2 aromatic carbocycles. The molecule has 204 valence electrons. The second kappa shape index (κ2) is 10.7. The number of carbonyl (C=O) groups is 2. The van der Waals surface area contributed by atoms with Crippen LogP contribution in [0.4, 0.5) is 17.6 Å². The maximum atomic E-state index is 14.5. The number of para-hydroxylation sites is 1. The second-order valence-corrected chi connectivity index (χ2v) is 8.72. The summed E-state index contributed by atoms with van der Waals surface area (Å²) in [5.41, 5.74) is 1.15. The van der Waals surface area contributed by atoms with Crippen molar-refractivity contribution in [1.29, 1.82) is 0 Å². The van der Waals surface area contributed by atoms with E-state index in [1.807, 2.05) is 0 Å². The number of hydrogen-bond acceptors (Lipinski definition) is 5. The van der Waals surface area contributed by atoms with Crippen LogP contribution in [0.5, 0.6) is 5.75 Å². The maximum Gasteiger partial charge on any atom is 0.424 e. The summed E-state index contributed by atoms with van der Waals surface area (Å²) in [6, 6.07) is 12.0. The number of nitrogens with zero attached hydrogens (tertiary/aromatic N) is 1. The van der Waals surface area contributed by atoms with Gasteiger partial charge in [0.25, 0.3) is 5.91 Å². The number of aromatic amines is 1. The first-order valence-electron chi connectivity index (χ1n) is 11.8. The fourth-order valence-electron chi connectivity index (χ4n) is 4.14. The SMILES string of the molecule is CCOc1c(CC(N)=O)cc([C@@](O)(CNC(=O)c2cccc3cc[nH]c23)C(F)(F)F)nc1-c1ccc(F)cc1. The lowest BCUT2D eigenvalue weighted by Gasteiger charge is -2.31. The van der Waals surface area contributed by atoms with Gasteiger partial charge >= 0.3 is 6.18 Å². The lowest BCUT2D eigenvalue weighted by atomic mass is 9.93. The van der Waals surface area contributed by atoms with Crippen molar-refractivity contribution < 1.29 is 37.0 Å². The van der Waals surface area contributed by atoms with E-state index < -0.39 is 48.1 Å². The summed E-state index contributed by atoms with van der Waals surface area (Å²) < 4.78 is 62.5. The minimum Gasteiger partial charge on any atom is -0.491 e. The summed E-state index contributed by atoms with van der Waals surface area (Å²) in [4.78, 5) is 31.6. The Morgan fingerprint density at radius 2 is 1.85 bits per heavy atom. The molecule has 0 fully saturated rings. The molecule has 2 amide bonds. The molecule has 2 aromatic heterocycles. The van der Waals surface area contributed by atoms with Gasteiger partial charge in [-0.15, -0.1) is 0 Å². The Morgan fingerprint density at radius 3 is 2.49 bits per heavy atom. The number of halogens is 4. The molecule has 0 bridgehead atoms. The minimum absolute atomic E-state index is 0.0429. The summed E-state index contributed by atoms with van der Waals surface area (Å²) in [5, 5.41) is 13.9. The first-order chi connectivity index (χ1) is 18.4. The van der Waals surface area contributed by atoms with Crippen LogP contribution in [0.25, 0.3) is 22.2 Å². The number of nitrogens with two attached hydrogens (primary N) is 1. The van der Waals surface area contributed by atoms with Gasteiger partial charge in [-0.25, -0.2) is 9.37 Å². The summed E-state index contributed by atoms with van der Waals surface area (Å²) in [6.07, 6.45) is -4.27. The molecule has 4 rings (SSSR count). The molecule has 12 heteroatoms. The van der Waals surface area contributed by atoms with Crippen LogP contribution >= 0.6 is 0 Å². The number of rotatable bonds is 9. The standard InChI is InChI=1S/C27H24F4N4O4/c1-2-39-24-17(13-21(32)36)12-20(35-23(24)16-6-8-18(28)9-7-16)26(38,27(29,30)31)14-34-25(37)19-5-3-4-15-10-11-33-22(15)19/h3-12,33,38H,2,13-14H2,1H3,(H2,32,36)(H,34,37)/t26-/m0/s1. The van der Waals surface area contributed by atoms with Crippen LogP contribution in [0.1, 0.15) is 28.5 Å². The van der Waals surface area contributed by atoms with Crippen LogP contribution in [0, 0.1) is 5.82 Å². The van der Waals surface area contributed by atoms with Gasteiger partial charge in [-0.05, 0) is 49.4 Å². The van der Waals surface area contributed by atoms with Gasteiger partial charge in [-0.3, -0.25) is 9.59 Å². The summed E-state index contributed by atoms with van der Waals surface area (Å²) in [7, 11) is 0. The Bertz CT molecular complexity index is 1520. The number of pyridine rings is 1. The number of nitrogens with one attached hydrogen (secondary N) is 2. The van der Waals surface area contributed by atoms with E-state index in [2.05, 4.69) is 15.3 Å². The largest absolute Gasteiger partial charge is 0.491 e. The van der Waals surface area contributed by atoms with Crippen molar-refractivity contribution in [1.82, 2.24) is 15.3 Å². The highest BCUT2D eigenvalue weighted by Gasteiger charge is 2.56. The number of H-pyrrole nitrogens is 1. The maximum absolute atomic E-state index is 14.5. The molecular weight excluding hydrogens is 520 g/mol. The molecule has 2 heterocycles. The zero-order valence-electron chi connectivity index (χ0n) is 20.6. The zero-order valence-corrected chi connectivity index (χ0v) is 20.6. The van der Waals surface area contributed by atoms with Crippen molar-refractivity contribution in [3.8, 4) is 17.0 Å². The van der Waals surface area contributed by atoms with E-state index in [-0.39, 0.29) is 34.7 Å². The molecule has 0 saturated carbocycles. The quantitative estimate of drug-likeness (QED) is 0.237. The lowest BCUT2D eigenvalue weighted by Crippen LogP contribution is -2.51. The number of fused-ring (bicyclic) bond motifs is 1. The molecule has 0 aliphatic heterocycles. The molecule has 0 aliphatic rings. The molecule has 4 aromatic rings.